The topological polar surface area (TPSA) is 80.3 Å². The average molecular weight is 268 g/mol. The Morgan fingerprint density at radius 2 is 1.00 bits per heavy atom. The molecular weight excluding hydrogens is 248 g/mol. The van der Waals surface area contributed by atoms with Gasteiger partial charge in [0.2, 0.25) is 0 Å². The van der Waals surface area contributed by atoms with Crippen molar-refractivity contribution in [2.75, 3.05) is 11.5 Å². The van der Waals surface area contributed by atoms with Crippen molar-refractivity contribution in [3.8, 4) is 0 Å². The van der Waals surface area contributed by atoms with Crippen LogP contribution in [-0.2, 0) is 9.59 Å². The number of carbonyl (C=O) groups excluding carboxylic acids is 2. The molecule has 0 aromatic heterocycles. The van der Waals surface area contributed by atoms with E-state index in [0.29, 0.717) is 0 Å². The van der Waals surface area contributed by atoms with Crippen LogP contribution in [0, 0.1) is 0 Å². The molecule has 0 heterocycles. The van der Waals surface area contributed by atoms with Crippen LogP contribution in [0.4, 0.5) is 0 Å². The molecule has 0 radical (unpaired) electrons. The summed E-state index contributed by atoms with van der Waals surface area (Å²) in [4.78, 5) is 17.8. The van der Waals surface area contributed by atoms with Crippen LogP contribution in [0.25, 0.3) is 0 Å². The van der Waals surface area contributed by atoms with Crippen molar-refractivity contribution in [3.63, 3.8) is 0 Å². The summed E-state index contributed by atoms with van der Waals surface area (Å²) in [6.07, 6.45) is 5.17. The summed E-state index contributed by atoms with van der Waals surface area (Å²) in [6, 6.07) is 0. The molecule has 0 aliphatic rings. The number of hydrogen-bond donors (Lipinski definition) is 2. The van der Waals surface area contributed by atoms with Crippen molar-refractivity contribution in [1.29, 1.82) is 0 Å². The van der Waals surface area contributed by atoms with Crippen molar-refractivity contribution >= 4 is 37.2 Å². The van der Waals surface area contributed by atoms with E-state index in [0.717, 1.165) is 25.4 Å². The second kappa shape index (κ2) is 20.1. The first-order chi connectivity index (χ1) is 7.38. The number of aliphatic carboxylic acids is 2. The van der Waals surface area contributed by atoms with Gasteiger partial charge in [-0.2, -0.15) is 25.3 Å². The molecule has 0 N–H and O–H groups in total. The Balaban J connectivity index is -0.000000179. The summed E-state index contributed by atoms with van der Waals surface area (Å²) in [5.41, 5.74) is 0. The normalized spacial score (nSPS) is 8.00. The molecule has 0 unspecified atom stereocenters. The van der Waals surface area contributed by atoms with E-state index in [1.807, 2.05) is 0 Å². The fourth-order valence-electron chi connectivity index (χ4n) is 0.577. The van der Waals surface area contributed by atoms with Crippen LogP contribution >= 0.6 is 25.3 Å². The largest absolute Gasteiger partial charge is 0.550 e. The molecular formula is C10H20O4S2-2. The minimum absolute atomic E-state index is 0.972. The highest BCUT2D eigenvalue weighted by Gasteiger charge is 1.84. The molecule has 0 aromatic rings. The molecule has 98 valence electrons. The second-order valence-electron chi connectivity index (χ2n) is 2.84. The first-order valence-corrected chi connectivity index (χ1v) is 6.21. The Kier molecular flexibility index (Phi) is 26.4. The first kappa shape index (κ1) is 21.0. The Labute approximate surface area is 108 Å². The molecule has 0 aliphatic heterocycles. The molecule has 0 fully saturated rings. The minimum Gasteiger partial charge on any atom is -0.550 e. The van der Waals surface area contributed by atoms with Gasteiger partial charge in [-0.15, -0.1) is 0 Å². The lowest BCUT2D eigenvalue weighted by Gasteiger charge is -1.93. The molecule has 6 heteroatoms. The maximum absolute atomic E-state index is 8.89. The highest BCUT2D eigenvalue weighted by molar-refractivity contribution is 7.80. The van der Waals surface area contributed by atoms with Gasteiger partial charge in [-0.25, -0.2) is 0 Å². The summed E-state index contributed by atoms with van der Waals surface area (Å²) in [5, 5.41) is 17.8. The lowest BCUT2D eigenvalue weighted by Crippen LogP contribution is -2.16. The van der Waals surface area contributed by atoms with Crippen LogP contribution in [0.2, 0.25) is 0 Å². The zero-order chi connectivity index (χ0) is 13.4. The van der Waals surface area contributed by atoms with E-state index in [1.165, 1.54) is 25.7 Å². The zero-order valence-corrected chi connectivity index (χ0v) is 11.6. The maximum Gasteiger partial charge on any atom is 0.0383 e. The van der Waals surface area contributed by atoms with Gasteiger partial charge < -0.3 is 19.8 Å². The van der Waals surface area contributed by atoms with Crippen LogP contribution < -0.4 is 10.2 Å². The van der Waals surface area contributed by atoms with Crippen LogP contribution in [-0.4, -0.2) is 23.4 Å². The van der Waals surface area contributed by atoms with Crippen molar-refractivity contribution in [1.82, 2.24) is 0 Å². The lowest BCUT2D eigenvalue weighted by molar-refractivity contribution is -0.303. The SMILES string of the molecule is CC(=O)[O-].CC(=O)[O-].SCCCCCCS. The Morgan fingerprint density at radius 3 is 1.12 bits per heavy atom. The molecule has 0 saturated heterocycles. The number of hydrogen-bond acceptors (Lipinski definition) is 6. The number of unbranched alkanes of at least 4 members (excludes halogenated alkanes) is 3. The third-order valence-electron chi connectivity index (χ3n) is 1.07. The van der Waals surface area contributed by atoms with Gasteiger partial charge in [0.1, 0.15) is 0 Å². The minimum atomic E-state index is -1.08. The van der Waals surface area contributed by atoms with E-state index in [4.69, 9.17) is 19.8 Å². The fraction of sp³-hybridized carbons (Fsp3) is 0.800. The monoisotopic (exact) mass is 268 g/mol. The van der Waals surface area contributed by atoms with E-state index < -0.39 is 11.9 Å². The smallest absolute Gasteiger partial charge is 0.0383 e. The molecule has 0 saturated carbocycles. The van der Waals surface area contributed by atoms with Crippen LogP contribution in [0.1, 0.15) is 39.5 Å². The fourth-order valence-corrected chi connectivity index (χ4v) is 1.02. The Hall–Kier alpha value is -0.360. The predicted molar refractivity (Wildman–Crippen MR) is 67.5 cm³/mol. The van der Waals surface area contributed by atoms with E-state index in [1.54, 1.807) is 0 Å². The molecule has 0 spiro atoms. The van der Waals surface area contributed by atoms with Gasteiger partial charge in [0.25, 0.3) is 0 Å². The third-order valence-corrected chi connectivity index (χ3v) is 1.70. The molecule has 0 rings (SSSR count). The summed E-state index contributed by atoms with van der Waals surface area (Å²) >= 11 is 8.21. The number of rotatable bonds is 5. The van der Waals surface area contributed by atoms with Crippen molar-refractivity contribution in [3.05, 3.63) is 0 Å². The Bertz CT molecular complexity index is 137. The maximum atomic E-state index is 8.89. The molecule has 0 atom stereocenters. The van der Waals surface area contributed by atoms with E-state index >= 15 is 0 Å². The zero-order valence-electron chi connectivity index (χ0n) is 9.77. The molecule has 0 aromatic carbocycles. The number of thiol groups is 2. The van der Waals surface area contributed by atoms with Crippen LogP contribution in [0.5, 0.6) is 0 Å². The highest BCUT2D eigenvalue weighted by atomic mass is 32.1. The standard InChI is InChI=1S/C6H14S2.2C2H4O2/c7-5-3-1-2-4-6-8;2*1-2(3)4/h7-8H,1-6H2;2*1H3,(H,3,4)/p-2. The van der Waals surface area contributed by atoms with Gasteiger partial charge in [-0.3, -0.25) is 0 Å². The van der Waals surface area contributed by atoms with Gasteiger partial charge in [0, 0.05) is 11.9 Å². The Morgan fingerprint density at radius 1 is 0.812 bits per heavy atom. The van der Waals surface area contributed by atoms with E-state index in [9.17, 15) is 0 Å². The average Bonchev–Trinajstić information content (AvgIpc) is 2.11. The van der Waals surface area contributed by atoms with Gasteiger partial charge in [-0.05, 0) is 38.2 Å². The van der Waals surface area contributed by atoms with Gasteiger partial charge in [0.15, 0.2) is 0 Å². The predicted octanol–water partition coefficient (Wildman–Crippen LogP) is -0.0812. The van der Waals surface area contributed by atoms with Crippen molar-refractivity contribution in [2.24, 2.45) is 0 Å². The molecule has 0 bridgehead atoms. The van der Waals surface area contributed by atoms with E-state index in [2.05, 4.69) is 25.3 Å². The summed E-state index contributed by atoms with van der Waals surface area (Å²) in [7, 11) is 0. The van der Waals surface area contributed by atoms with Crippen molar-refractivity contribution in [2.45, 2.75) is 39.5 Å². The highest BCUT2D eigenvalue weighted by Crippen LogP contribution is 2.00. The van der Waals surface area contributed by atoms with Gasteiger partial charge in [-0.1, -0.05) is 12.8 Å². The number of carboxylic acid groups (broad SMARTS) is 2. The van der Waals surface area contributed by atoms with Crippen LogP contribution in [0.15, 0.2) is 0 Å². The number of carbonyl (C=O) groups is 2. The quantitative estimate of drug-likeness (QED) is 0.540. The first-order valence-electron chi connectivity index (χ1n) is 4.95. The summed E-state index contributed by atoms with van der Waals surface area (Å²) in [6.45, 7) is 1.94. The lowest BCUT2D eigenvalue weighted by atomic mass is 10.2. The molecule has 0 amide bonds. The van der Waals surface area contributed by atoms with E-state index in [-0.39, 0.29) is 0 Å². The van der Waals surface area contributed by atoms with Crippen LogP contribution in [0.3, 0.4) is 0 Å². The molecule has 0 aliphatic carbocycles. The van der Waals surface area contributed by atoms with Crippen molar-refractivity contribution < 1.29 is 19.8 Å². The molecule has 4 nitrogen and oxygen atoms in total. The van der Waals surface area contributed by atoms with Gasteiger partial charge in [0.05, 0.1) is 0 Å². The second-order valence-corrected chi connectivity index (χ2v) is 3.74. The van der Waals surface area contributed by atoms with Gasteiger partial charge >= 0.3 is 0 Å². The molecule has 16 heavy (non-hydrogen) atoms. The summed E-state index contributed by atoms with van der Waals surface area (Å²) in [5.74, 6) is -0.0981. The third kappa shape index (κ3) is 101. The number of carboxylic acids is 2. The summed E-state index contributed by atoms with van der Waals surface area (Å²) < 4.78 is 0.